The molecule has 1 aliphatic rings. The summed E-state index contributed by atoms with van der Waals surface area (Å²) in [6.45, 7) is 3.38. The van der Waals surface area contributed by atoms with Gasteiger partial charge in [-0.1, -0.05) is 43.1 Å². The zero-order valence-corrected chi connectivity index (χ0v) is 21.7. The minimum absolute atomic E-state index is 0.169. The summed E-state index contributed by atoms with van der Waals surface area (Å²) in [5.41, 5.74) is 3.21. The van der Waals surface area contributed by atoms with Gasteiger partial charge >= 0.3 is 6.09 Å². The quantitative estimate of drug-likeness (QED) is 0.285. The third-order valence-electron chi connectivity index (χ3n) is 6.65. The zero-order valence-electron chi connectivity index (χ0n) is 21.0. The van der Waals surface area contributed by atoms with Crippen LogP contribution in [0.15, 0.2) is 66.7 Å². The fraction of sp³-hybridized carbons (Fsp3) is 0.276. The van der Waals surface area contributed by atoms with E-state index in [0.29, 0.717) is 53.6 Å². The van der Waals surface area contributed by atoms with Crippen molar-refractivity contribution in [2.75, 3.05) is 19.7 Å². The molecule has 1 aromatic heterocycles. The highest BCUT2D eigenvalue weighted by Crippen LogP contribution is 2.34. The van der Waals surface area contributed by atoms with Crippen LogP contribution in [0.4, 0.5) is 9.18 Å². The van der Waals surface area contributed by atoms with Crippen LogP contribution in [-0.4, -0.2) is 52.4 Å². The van der Waals surface area contributed by atoms with Gasteiger partial charge in [0, 0.05) is 35.6 Å². The number of unbranched alkanes of at least 4 members (excludes halogenated alkanes) is 1. The molecule has 9 heteroatoms. The van der Waals surface area contributed by atoms with E-state index < -0.39 is 0 Å². The highest BCUT2D eigenvalue weighted by molar-refractivity contribution is 6.33. The third kappa shape index (κ3) is 5.36. The number of carbonyl (C=O) groups excluding carboxylic acids is 2. The smallest absolute Gasteiger partial charge is 0.409 e. The number of hydrogen-bond acceptors (Lipinski definition) is 4. The monoisotopic (exact) mass is 534 g/mol. The molecule has 0 radical (unpaired) electrons. The lowest BCUT2D eigenvalue weighted by Crippen LogP contribution is -2.38. The summed E-state index contributed by atoms with van der Waals surface area (Å²) in [6, 6.07) is 18.6. The lowest BCUT2D eigenvalue weighted by Gasteiger charge is -2.17. The molecular formula is C29H28ClFN4O3. The van der Waals surface area contributed by atoms with E-state index >= 15 is 0 Å². The number of aromatic nitrogens is 2. The van der Waals surface area contributed by atoms with Crippen molar-refractivity contribution in [3.8, 4) is 16.9 Å². The van der Waals surface area contributed by atoms with Gasteiger partial charge in [-0.2, -0.15) is 5.10 Å². The molecule has 2 amide bonds. The fourth-order valence-corrected chi connectivity index (χ4v) is 4.82. The van der Waals surface area contributed by atoms with Crippen LogP contribution in [0.5, 0.6) is 0 Å². The maximum atomic E-state index is 13.6. The molecule has 0 spiro atoms. The van der Waals surface area contributed by atoms with Gasteiger partial charge in [0.2, 0.25) is 0 Å². The highest BCUT2D eigenvalue weighted by Gasteiger charge is 2.29. The van der Waals surface area contributed by atoms with E-state index in [1.807, 2.05) is 31.2 Å². The summed E-state index contributed by atoms with van der Waals surface area (Å²) in [5, 5.41) is 9.20. The van der Waals surface area contributed by atoms with E-state index in [2.05, 4.69) is 5.32 Å². The van der Waals surface area contributed by atoms with Gasteiger partial charge in [0.15, 0.2) is 0 Å². The van der Waals surface area contributed by atoms with Crippen LogP contribution >= 0.6 is 11.6 Å². The normalized spacial score (nSPS) is 15.1. The van der Waals surface area contributed by atoms with E-state index in [0.717, 1.165) is 23.8 Å². The Morgan fingerprint density at radius 1 is 1.13 bits per heavy atom. The Kier molecular flexibility index (Phi) is 7.60. The molecule has 1 fully saturated rings. The topological polar surface area (TPSA) is 76.5 Å². The van der Waals surface area contributed by atoms with Crippen LogP contribution in [0.1, 0.15) is 36.5 Å². The summed E-state index contributed by atoms with van der Waals surface area (Å²) < 4.78 is 20.6. The minimum Gasteiger partial charge on any atom is -0.449 e. The molecule has 0 saturated carbocycles. The maximum Gasteiger partial charge on any atom is 0.409 e. The van der Waals surface area contributed by atoms with Crippen LogP contribution in [0, 0.1) is 5.82 Å². The Bertz CT molecular complexity index is 1470. The lowest BCUT2D eigenvalue weighted by molar-refractivity contribution is 0.0927. The van der Waals surface area contributed by atoms with Crippen LogP contribution in [0.25, 0.3) is 27.8 Å². The molecule has 3 aromatic carbocycles. The second kappa shape index (κ2) is 11.2. The van der Waals surface area contributed by atoms with Gasteiger partial charge in [0.1, 0.15) is 11.5 Å². The molecule has 1 saturated heterocycles. The van der Waals surface area contributed by atoms with Gasteiger partial charge in [0.25, 0.3) is 5.91 Å². The molecule has 0 aliphatic carbocycles. The van der Waals surface area contributed by atoms with Gasteiger partial charge in [-0.15, -0.1) is 0 Å². The van der Waals surface area contributed by atoms with Crippen molar-refractivity contribution in [2.24, 2.45) is 0 Å². The Morgan fingerprint density at radius 2 is 1.92 bits per heavy atom. The first-order valence-corrected chi connectivity index (χ1v) is 13.1. The number of carbonyl (C=O) groups is 2. The third-order valence-corrected chi connectivity index (χ3v) is 6.98. The van der Waals surface area contributed by atoms with Gasteiger partial charge < -0.3 is 15.0 Å². The molecule has 5 rings (SSSR count). The molecule has 1 N–H and O–H groups in total. The first-order valence-electron chi connectivity index (χ1n) is 12.7. The highest BCUT2D eigenvalue weighted by atomic mass is 35.5. The van der Waals surface area contributed by atoms with E-state index in [9.17, 15) is 14.0 Å². The van der Waals surface area contributed by atoms with Gasteiger partial charge in [0.05, 0.1) is 22.8 Å². The molecule has 1 aliphatic heterocycles. The Morgan fingerprint density at radius 3 is 2.68 bits per heavy atom. The predicted molar refractivity (Wildman–Crippen MR) is 145 cm³/mol. The lowest BCUT2D eigenvalue weighted by atomic mass is 10.1. The molecule has 0 unspecified atom stereocenters. The molecule has 1 atom stereocenters. The molecule has 0 bridgehead atoms. The SMILES string of the molecule is CCCCOC(=O)N1CC[C@@H](NC(=O)c2ccc3c(-c4ccccc4Cl)nn(-c4ccc(F)cc4)c3c2)C1. The molecule has 7 nitrogen and oxygen atoms in total. The standard InChI is InChI=1S/C29H28ClFN4O3/c1-2-3-16-38-29(37)34-15-14-21(18-34)32-28(36)19-8-13-24-26(17-19)35(22-11-9-20(31)10-12-22)33-27(24)23-6-4-5-7-25(23)30/h4-13,17,21H,2-3,14-16,18H2,1H3,(H,32,36)/t21-/m1/s1. The second-order valence-corrected chi connectivity index (χ2v) is 9.73. The van der Waals surface area contributed by atoms with Gasteiger partial charge in [-0.25, -0.2) is 13.9 Å². The number of fused-ring (bicyclic) bond motifs is 1. The molecule has 196 valence electrons. The van der Waals surface area contributed by atoms with Crippen molar-refractivity contribution >= 4 is 34.5 Å². The summed E-state index contributed by atoms with van der Waals surface area (Å²) in [4.78, 5) is 27.1. The second-order valence-electron chi connectivity index (χ2n) is 9.32. The van der Waals surface area contributed by atoms with E-state index in [-0.39, 0.29) is 23.9 Å². The number of likely N-dealkylation sites (tertiary alicyclic amines) is 1. The van der Waals surface area contributed by atoms with Crippen LogP contribution < -0.4 is 5.32 Å². The van der Waals surface area contributed by atoms with E-state index in [1.165, 1.54) is 12.1 Å². The van der Waals surface area contributed by atoms with Crippen LogP contribution in [0.2, 0.25) is 5.02 Å². The Balaban J connectivity index is 1.42. The number of nitrogens with zero attached hydrogens (tertiary/aromatic N) is 3. The van der Waals surface area contributed by atoms with E-state index in [4.69, 9.17) is 21.4 Å². The fourth-order valence-electron chi connectivity index (χ4n) is 4.60. The number of rotatable bonds is 7. The van der Waals surface area contributed by atoms with E-state index in [1.54, 1.807) is 39.9 Å². The number of benzene rings is 3. The average molecular weight is 535 g/mol. The summed E-state index contributed by atoms with van der Waals surface area (Å²) in [6.07, 6.45) is 2.10. The number of nitrogens with one attached hydrogen (secondary N) is 1. The first-order chi connectivity index (χ1) is 18.4. The minimum atomic E-state index is -0.351. The number of hydrogen-bond donors (Lipinski definition) is 1. The Labute approximate surface area is 225 Å². The summed E-state index contributed by atoms with van der Waals surface area (Å²) in [7, 11) is 0. The molecule has 38 heavy (non-hydrogen) atoms. The van der Waals surface area contributed by atoms with Crippen LogP contribution in [-0.2, 0) is 4.74 Å². The summed E-state index contributed by atoms with van der Waals surface area (Å²) >= 11 is 6.48. The molecular weight excluding hydrogens is 507 g/mol. The zero-order chi connectivity index (χ0) is 26.6. The van der Waals surface area contributed by atoms with Gasteiger partial charge in [-0.3, -0.25) is 4.79 Å². The number of halogens is 2. The average Bonchev–Trinajstić information content (AvgIpc) is 3.54. The number of ether oxygens (including phenoxy) is 1. The Hall–Kier alpha value is -3.91. The number of amides is 2. The van der Waals surface area contributed by atoms with Crippen molar-refractivity contribution in [3.63, 3.8) is 0 Å². The predicted octanol–water partition coefficient (Wildman–Crippen LogP) is 6.23. The maximum absolute atomic E-state index is 13.6. The van der Waals surface area contributed by atoms with Crippen molar-refractivity contribution in [1.29, 1.82) is 0 Å². The van der Waals surface area contributed by atoms with Crippen molar-refractivity contribution < 1.29 is 18.7 Å². The molecule has 4 aromatic rings. The van der Waals surface area contributed by atoms with Gasteiger partial charge in [-0.05, 0) is 61.4 Å². The van der Waals surface area contributed by atoms with Crippen LogP contribution in [0.3, 0.4) is 0 Å². The first kappa shape index (κ1) is 25.7. The van der Waals surface area contributed by atoms with Crippen molar-refractivity contribution in [3.05, 3.63) is 83.1 Å². The largest absolute Gasteiger partial charge is 0.449 e. The van der Waals surface area contributed by atoms with Crippen molar-refractivity contribution in [2.45, 2.75) is 32.2 Å². The molecule has 2 heterocycles. The van der Waals surface area contributed by atoms with Crippen molar-refractivity contribution in [1.82, 2.24) is 20.0 Å². The summed E-state index contributed by atoms with van der Waals surface area (Å²) in [5.74, 6) is -0.597.